The van der Waals surface area contributed by atoms with Crippen molar-refractivity contribution in [2.45, 2.75) is 25.7 Å². The van der Waals surface area contributed by atoms with Crippen molar-refractivity contribution < 1.29 is 9.47 Å². The van der Waals surface area contributed by atoms with Gasteiger partial charge < -0.3 is 24.6 Å². The second-order valence-electron chi connectivity index (χ2n) is 8.31. The average Bonchev–Trinajstić information content (AvgIpc) is 2.72. The van der Waals surface area contributed by atoms with Crippen molar-refractivity contribution in [3.8, 4) is 11.5 Å². The Hall–Kier alpha value is -2.12. The summed E-state index contributed by atoms with van der Waals surface area (Å²) in [6.45, 7) is 8.43. The molecule has 0 aliphatic carbocycles. The molecule has 4 rings (SSSR count). The van der Waals surface area contributed by atoms with Crippen molar-refractivity contribution in [2.24, 2.45) is 5.92 Å². The maximum atomic E-state index is 6.17. The smallest absolute Gasteiger partial charge is 0.223 e. The van der Waals surface area contributed by atoms with Crippen molar-refractivity contribution in [3.05, 3.63) is 17.8 Å². The van der Waals surface area contributed by atoms with Crippen LogP contribution >= 0.6 is 0 Å². The van der Waals surface area contributed by atoms with Crippen LogP contribution < -0.4 is 14.8 Å². The molecule has 7 nitrogen and oxygen atoms in total. The predicted molar refractivity (Wildman–Crippen MR) is 116 cm³/mol. The van der Waals surface area contributed by atoms with Gasteiger partial charge in [0.1, 0.15) is 0 Å². The van der Waals surface area contributed by atoms with E-state index in [9.17, 15) is 0 Å². The molecule has 158 valence electrons. The summed E-state index contributed by atoms with van der Waals surface area (Å²) >= 11 is 0. The SMILES string of the molecule is CCN1CC(COc2cc3nc(NC)nc(C4CCN(C)CC4)c3cc2OC)C1. The number of nitrogens with zero attached hydrogens (tertiary/aromatic N) is 4. The van der Waals surface area contributed by atoms with Gasteiger partial charge in [0.15, 0.2) is 11.5 Å². The number of hydrogen-bond donors (Lipinski definition) is 1. The number of rotatable bonds is 7. The van der Waals surface area contributed by atoms with E-state index in [0.717, 1.165) is 73.7 Å². The molecule has 2 aliphatic rings. The zero-order valence-corrected chi connectivity index (χ0v) is 18.1. The van der Waals surface area contributed by atoms with Crippen LogP contribution in [0, 0.1) is 5.92 Å². The number of methoxy groups -OCH3 is 1. The Morgan fingerprint density at radius 2 is 1.90 bits per heavy atom. The van der Waals surface area contributed by atoms with Gasteiger partial charge in [-0.2, -0.15) is 0 Å². The number of nitrogens with one attached hydrogen (secondary N) is 1. The Morgan fingerprint density at radius 1 is 1.14 bits per heavy atom. The van der Waals surface area contributed by atoms with Gasteiger partial charge in [-0.25, -0.2) is 9.97 Å². The highest BCUT2D eigenvalue weighted by molar-refractivity contribution is 5.86. The van der Waals surface area contributed by atoms with Gasteiger partial charge in [0.05, 0.1) is 24.9 Å². The van der Waals surface area contributed by atoms with Crippen LogP contribution in [0.5, 0.6) is 11.5 Å². The summed E-state index contributed by atoms with van der Waals surface area (Å²) in [4.78, 5) is 14.4. The fourth-order valence-electron chi connectivity index (χ4n) is 4.39. The van der Waals surface area contributed by atoms with Gasteiger partial charge in [0.25, 0.3) is 0 Å². The lowest BCUT2D eigenvalue weighted by Gasteiger charge is -2.38. The lowest BCUT2D eigenvalue weighted by Crippen LogP contribution is -2.48. The third kappa shape index (κ3) is 4.26. The Balaban J connectivity index is 1.63. The minimum Gasteiger partial charge on any atom is -0.493 e. The molecule has 1 aromatic heterocycles. The van der Waals surface area contributed by atoms with Crippen LogP contribution in [0.15, 0.2) is 12.1 Å². The molecular weight excluding hydrogens is 366 g/mol. The first-order valence-electron chi connectivity index (χ1n) is 10.7. The number of hydrogen-bond acceptors (Lipinski definition) is 7. The van der Waals surface area contributed by atoms with Crippen molar-refractivity contribution in [2.75, 3.05) is 65.9 Å². The summed E-state index contributed by atoms with van der Waals surface area (Å²) in [6, 6.07) is 4.09. The molecule has 29 heavy (non-hydrogen) atoms. The topological polar surface area (TPSA) is 62.8 Å². The molecule has 2 fully saturated rings. The summed E-state index contributed by atoms with van der Waals surface area (Å²) in [5, 5.41) is 4.20. The highest BCUT2D eigenvalue weighted by atomic mass is 16.5. The van der Waals surface area contributed by atoms with E-state index in [-0.39, 0.29) is 0 Å². The van der Waals surface area contributed by atoms with E-state index in [2.05, 4.69) is 35.2 Å². The largest absolute Gasteiger partial charge is 0.493 e. The summed E-state index contributed by atoms with van der Waals surface area (Å²) in [5.74, 6) is 3.22. The Morgan fingerprint density at radius 3 is 2.55 bits per heavy atom. The molecule has 2 aliphatic heterocycles. The van der Waals surface area contributed by atoms with Crippen molar-refractivity contribution in [1.29, 1.82) is 0 Å². The molecular formula is C22H33N5O2. The van der Waals surface area contributed by atoms with Gasteiger partial charge in [-0.3, -0.25) is 0 Å². The number of benzene rings is 1. The molecule has 1 aromatic carbocycles. The van der Waals surface area contributed by atoms with E-state index < -0.39 is 0 Å². The van der Waals surface area contributed by atoms with E-state index in [4.69, 9.17) is 19.4 Å². The number of ether oxygens (including phenoxy) is 2. The monoisotopic (exact) mass is 399 g/mol. The van der Waals surface area contributed by atoms with Gasteiger partial charge >= 0.3 is 0 Å². The average molecular weight is 400 g/mol. The maximum Gasteiger partial charge on any atom is 0.223 e. The third-order valence-electron chi connectivity index (χ3n) is 6.29. The lowest BCUT2D eigenvalue weighted by atomic mass is 9.91. The molecule has 0 radical (unpaired) electrons. The van der Waals surface area contributed by atoms with Crippen LogP contribution in [-0.4, -0.2) is 80.3 Å². The second-order valence-corrected chi connectivity index (χ2v) is 8.31. The zero-order chi connectivity index (χ0) is 20.4. The Bertz CT molecular complexity index is 845. The summed E-state index contributed by atoms with van der Waals surface area (Å²) in [7, 11) is 5.76. The second kappa shape index (κ2) is 8.71. The minimum absolute atomic E-state index is 0.440. The normalized spacial score (nSPS) is 19.3. The quantitative estimate of drug-likeness (QED) is 0.768. The number of anilines is 1. The highest BCUT2D eigenvalue weighted by Gasteiger charge is 2.27. The highest BCUT2D eigenvalue weighted by Crippen LogP contribution is 2.38. The Labute approximate surface area is 173 Å². The predicted octanol–water partition coefficient (Wildman–Crippen LogP) is 2.82. The number of fused-ring (bicyclic) bond motifs is 1. The first-order chi connectivity index (χ1) is 14.1. The van der Waals surface area contributed by atoms with Gasteiger partial charge in [0.2, 0.25) is 5.95 Å². The number of piperidine rings is 1. The zero-order valence-electron chi connectivity index (χ0n) is 18.1. The van der Waals surface area contributed by atoms with E-state index in [1.807, 2.05) is 13.1 Å². The molecule has 0 saturated carbocycles. The van der Waals surface area contributed by atoms with Gasteiger partial charge in [0, 0.05) is 43.4 Å². The van der Waals surface area contributed by atoms with Crippen molar-refractivity contribution >= 4 is 16.9 Å². The van der Waals surface area contributed by atoms with E-state index in [0.29, 0.717) is 24.4 Å². The fraction of sp³-hybridized carbons (Fsp3) is 0.636. The van der Waals surface area contributed by atoms with E-state index in [1.165, 1.54) is 0 Å². The molecule has 7 heteroatoms. The summed E-state index contributed by atoms with van der Waals surface area (Å²) < 4.78 is 11.8. The first-order valence-corrected chi connectivity index (χ1v) is 10.7. The first kappa shape index (κ1) is 20.2. The fourth-order valence-corrected chi connectivity index (χ4v) is 4.39. The molecule has 0 amide bonds. The molecule has 2 saturated heterocycles. The van der Waals surface area contributed by atoms with Gasteiger partial charge in [-0.1, -0.05) is 6.92 Å². The van der Waals surface area contributed by atoms with Crippen LogP contribution in [0.1, 0.15) is 31.4 Å². The summed E-state index contributed by atoms with van der Waals surface area (Å²) in [6.07, 6.45) is 2.23. The van der Waals surface area contributed by atoms with Gasteiger partial charge in [-0.15, -0.1) is 0 Å². The van der Waals surface area contributed by atoms with Crippen LogP contribution in [0.2, 0.25) is 0 Å². The van der Waals surface area contributed by atoms with Crippen molar-refractivity contribution in [3.63, 3.8) is 0 Å². The van der Waals surface area contributed by atoms with E-state index in [1.54, 1.807) is 7.11 Å². The van der Waals surface area contributed by atoms with Crippen LogP contribution in [0.3, 0.4) is 0 Å². The maximum absolute atomic E-state index is 6.17. The molecule has 0 spiro atoms. The van der Waals surface area contributed by atoms with Crippen LogP contribution in [-0.2, 0) is 0 Å². The van der Waals surface area contributed by atoms with Crippen LogP contribution in [0.4, 0.5) is 5.95 Å². The van der Waals surface area contributed by atoms with E-state index >= 15 is 0 Å². The molecule has 0 bridgehead atoms. The standard InChI is InChI=1S/C22H33N5O2/c1-5-27-12-15(13-27)14-29-20-11-18-17(10-19(20)28-4)21(25-22(23-2)24-18)16-6-8-26(3)9-7-16/h10-11,15-16H,5-9,12-14H2,1-4H3,(H,23,24,25). The van der Waals surface area contributed by atoms with Crippen molar-refractivity contribution in [1.82, 2.24) is 19.8 Å². The van der Waals surface area contributed by atoms with Gasteiger partial charge in [-0.05, 0) is 45.6 Å². The molecule has 0 atom stereocenters. The number of aromatic nitrogens is 2. The molecule has 2 aromatic rings. The minimum atomic E-state index is 0.440. The Kier molecular flexibility index (Phi) is 6.06. The third-order valence-corrected chi connectivity index (χ3v) is 6.29. The summed E-state index contributed by atoms with van der Waals surface area (Å²) in [5.41, 5.74) is 2.03. The molecule has 3 heterocycles. The lowest BCUT2D eigenvalue weighted by molar-refractivity contribution is 0.0662. The molecule has 0 unspecified atom stereocenters. The number of likely N-dealkylation sites (tertiary alicyclic amines) is 2. The van der Waals surface area contributed by atoms with Crippen LogP contribution in [0.25, 0.3) is 10.9 Å². The molecule has 1 N–H and O–H groups in total.